The smallest absolute Gasteiger partial charge is 0.148 e. The number of rotatable bonds is 6. The molecule has 1 heterocycles. The van der Waals surface area contributed by atoms with Crippen molar-refractivity contribution in [3.8, 4) is 0 Å². The maximum absolute atomic E-state index is 6.09. The van der Waals surface area contributed by atoms with E-state index in [1.54, 1.807) is 0 Å². The highest BCUT2D eigenvalue weighted by molar-refractivity contribution is 5.64. The van der Waals surface area contributed by atoms with E-state index in [0.717, 1.165) is 36.7 Å². The summed E-state index contributed by atoms with van der Waals surface area (Å²) < 4.78 is 1.99. The molecule has 0 atom stereocenters. The van der Waals surface area contributed by atoms with Gasteiger partial charge in [0.2, 0.25) is 0 Å². The summed E-state index contributed by atoms with van der Waals surface area (Å²) in [4.78, 5) is 0. The van der Waals surface area contributed by atoms with Gasteiger partial charge in [0.15, 0.2) is 0 Å². The van der Waals surface area contributed by atoms with Gasteiger partial charge < -0.3 is 11.1 Å². The summed E-state index contributed by atoms with van der Waals surface area (Å²) in [5, 5.41) is 7.96. The Hall–Kier alpha value is -1.19. The zero-order valence-corrected chi connectivity index (χ0v) is 12.7. The molecule has 0 aromatic carbocycles. The number of anilines is 2. The fourth-order valence-electron chi connectivity index (χ4n) is 1.67. The average molecular weight is 252 g/mol. The van der Waals surface area contributed by atoms with Crippen LogP contribution in [0, 0.1) is 18.3 Å². The summed E-state index contributed by atoms with van der Waals surface area (Å²) in [6, 6.07) is 0. The van der Waals surface area contributed by atoms with Crippen molar-refractivity contribution >= 4 is 11.5 Å². The average Bonchev–Trinajstić information content (AvgIpc) is 2.53. The summed E-state index contributed by atoms with van der Waals surface area (Å²) in [6.45, 7) is 15.0. The Morgan fingerprint density at radius 2 is 2.00 bits per heavy atom. The molecule has 0 aliphatic rings. The van der Waals surface area contributed by atoms with Crippen molar-refractivity contribution in [1.29, 1.82) is 0 Å². The topological polar surface area (TPSA) is 55.9 Å². The highest BCUT2D eigenvalue weighted by Gasteiger charge is 2.23. The van der Waals surface area contributed by atoms with Crippen LogP contribution in [0.15, 0.2) is 0 Å². The molecule has 4 nitrogen and oxygen atoms in total. The van der Waals surface area contributed by atoms with Crippen LogP contribution in [-0.4, -0.2) is 16.3 Å². The Bertz CT molecular complexity index is 391. The van der Waals surface area contributed by atoms with Gasteiger partial charge >= 0.3 is 0 Å². The molecule has 0 aliphatic heterocycles. The fourth-order valence-corrected chi connectivity index (χ4v) is 1.67. The second kappa shape index (κ2) is 5.63. The van der Waals surface area contributed by atoms with Gasteiger partial charge in [-0.15, -0.1) is 0 Å². The Kier molecular flexibility index (Phi) is 4.65. The minimum atomic E-state index is 0.238. The molecule has 3 N–H and O–H groups in total. The predicted octanol–water partition coefficient (Wildman–Crippen LogP) is 3.28. The molecule has 0 spiro atoms. The summed E-state index contributed by atoms with van der Waals surface area (Å²) in [7, 11) is 0. The summed E-state index contributed by atoms with van der Waals surface area (Å²) in [5.74, 6) is 1.60. The van der Waals surface area contributed by atoms with Crippen molar-refractivity contribution in [3.63, 3.8) is 0 Å². The first-order valence-electron chi connectivity index (χ1n) is 6.86. The Morgan fingerprint density at radius 3 is 2.50 bits per heavy atom. The van der Waals surface area contributed by atoms with Gasteiger partial charge in [0.25, 0.3) is 0 Å². The van der Waals surface area contributed by atoms with E-state index in [9.17, 15) is 0 Å². The van der Waals surface area contributed by atoms with E-state index in [2.05, 4.69) is 45.0 Å². The lowest BCUT2D eigenvalue weighted by Crippen LogP contribution is -2.29. The lowest BCUT2D eigenvalue weighted by molar-refractivity contribution is 0.269. The molecule has 0 fully saturated rings. The summed E-state index contributed by atoms with van der Waals surface area (Å²) in [5.41, 5.74) is 8.02. The third-order valence-electron chi connectivity index (χ3n) is 3.88. The minimum absolute atomic E-state index is 0.238. The largest absolute Gasteiger partial charge is 0.394 e. The van der Waals surface area contributed by atoms with Gasteiger partial charge in [0, 0.05) is 13.1 Å². The van der Waals surface area contributed by atoms with Crippen LogP contribution in [0.2, 0.25) is 0 Å². The molecule has 0 saturated heterocycles. The van der Waals surface area contributed by atoms with E-state index in [0.29, 0.717) is 5.92 Å². The molecule has 1 aromatic heterocycles. The second-order valence-corrected chi connectivity index (χ2v) is 6.07. The van der Waals surface area contributed by atoms with Crippen LogP contribution in [0.1, 0.15) is 46.7 Å². The van der Waals surface area contributed by atoms with Gasteiger partial charge in [-0.2, -0.15) is 5.10 Å². The molecule has 0 bridgehead atoms. The highest BCUT2D eigenvalue weighted by Crippen LogP contribution is 2.29. The van der Waals surface area contributed by atoms with Crippen molar-refractivity contribution < 1.29 is 0 Å². The van der Waals surface area contributed by atoms with E-state index < -0.39 is 0 Å². The van der Waals surface area contributed by atoms with Crippen LogP contribution < -0.4 is 11.1 Å². The predicted molar refractivity (Wildman–Crippen MR) is 78.8 cm³/mol. The second-order valence-electron chi connectivity index (χ2n) is 6.07. The van der Waals surface area contributed by atoms with Gasteiger partial charge in [0.05, 0.1) is 11.4 Å². The van der Waals surface area contributed by atoms with Gasteiger partial charge in [-0.1, -0.05) is 34.6 Å². The van der Waals surface area contributed by atoms with Gasteiger partial charge in [-0.05, 0) is 24.7 Å². The first-order valence-corrected chi connectivity index (χ1v) is 6.86. The fraction of sp³-hybridized carbons (Fsp3) is 0.786. The molecule has 0 saturated carbocycles. The molecule has 1 aromatic rings. The molecule has 4 heteroatoms. The van der Waals surface area contributed by atoms with Crippen molar-refractivity contribution in [2.75, 3.05) is 17.6 Å². The van der Waals surface area contributed by atoms with Crippen molar-refractivity contribution in [2.45, 2.75) is 54.5 Å². The van der Waals surface area contributed by atoms with Gasteiger partial charge in [-0.25, -0.2) is 4.68 Å². The highest BCUT2D eigenvalue weighted by atomic mass is 15.3. The van der Waals surface area contributed by atoms with Crippen LogP contribution in [0.3, 0.4) is 0 Å². The lowest BCUT2D eigenvalue weighted by Gasteiger charge is -2.30. The zero-order valence-electron chi connectivity index (χ0n) is 12.7. The van der Waals surface area contributed by atoms with Crippen LogP contribution in [0.25, 0.3) is 0 Å². The molecular formula is C14H28N4. The summed E-state index contributed by atoms with van der Waals surface area (Å²) >= 11 is 0. The van der Waals surface area contributed by atoms with E-state index in [4.69, 9.17) is 5.73 Å². The number of hydrogen-bond donors (Lipinski definition) is 2. The van der Waals surface area contributed by atoms with Gasteiger partial charge in [-0.3, -0.25) is 0 Å². The monoisotopic (exact) mass is 252 g/mol. The number of aryl methyl sites for hydroxylation is 2. The molecule has 0 radical (unpaired) electrons. The minimum Gasteiger partial charge on any atom is -0.394 e. The quantitative estimate of drug-likeness (QED) is 0.817. The van der Waals surface area contributed by atoms with Crippen LogP contribution >= 0.6 is 0 Å². The molecule has 104 valence electrons. The Morgan fingerprint density at radius 1 is 1.39 bits per heavy atom. The molecule has 0 aliphatic carbocycles. The first-order chi connectivity index (χ1) is 8.29. The van der Waals surface area contributed by atoms with Crippen LogP contribution in [-0.2, 0) is 6.54 Å². The molecule has 0 unspecified atom stereocenters. The number of nitrogens with zero attached hydrogens (tertiary/aromatic N) is 2. The summed E-state index contributed by atoms with van der Waals surface area (Å²) in [6.07, 6.45) is 1.06. The number of hydrogen-bond acceptors (Lipinski definition) is 3. The first kappa shape index (κ1) is 14.9. The number of nitrogen functional groups attached to an aromatic ring is 1. The third-order valence-corrected chi connectivity index (χ3v) is 3.88. The van der Waals surface area contributed by atoms with E-state index >= 15 is 0 Å². The molecule has 0 amide bonds. The zero-order chi connectivity index (χ0) is 13.9. The molecule has 1 rings (SSSR count). The van der Waals surface area contributed by atoms with Crippen molar-refractivity contribution in [1.82, 2.24) is 9.78 Å². The van der Waals surface area contributed by atoms with E-state index in [-0.39, 0.29) is 5.41 Å². The number of nitrogens with one attached hydrogen (secondary N) is 1. The number of aromatic nitrogens is 2. The number of nitrogens with two attached hydrogens (primary N) is 1. The Labute approximate surface area is 111 Å². The maximum Gasteiger partial charge on any atom is 0.148 e. The molecular weight excluding hydrogens is 224 g/mol. The maximum atomic E-state index is 6.09. The van der Waals surface area contributed by atoms with E-state index in [1.807, 2.05) is 11.6 Å². The third kappa shape index (κ3) is 3.18. The normalized spacial score (nSPS) is 12.2. The molecule has 18 heavy (non-hydrogen) atoms. The van der Waals surface area contributed by atoms with Crippen molar-refractivity contribution in [3.05, 3.63) is 5.69 Å². The standard InChI is InChI=1S/C14H28N4/c1-7-8-18-13(12(15)11(4)17-18)16-9-14(5,6)10(2)3/h10,16H,7-9,15H2,1-6H3. The lowest BCUT2D eigenvalue weighted by atomic mass is 9.81. The van der Waals surface area contributed by atoms with Crippen LogP contribution in [0.5, 0.6) is 0 Å². The van der Waals surface area contributed by atoms with Gasteiger partial charge in [0.1, 0.15) is 5.82 Å². The Balaban J connectivity index is 2.84. The van der Waals surface area contributed by atoms with Crippen molar-refractivity contribution in [2.24, 2.45) is 11.3 Å². The van der Waals surface area contributed by atoms with Crippen LogP contribution in [0.4, 0.5) is 11.5 Å². The van der Waals surface area contributed by atoms with E-state index in [1.165, 1.54) is 0 Å². The SMILES string of the molecule is CCCn1nc(C)c(N)c1NCC(C)(C)C(C)C.